The summed E-state index contributed by atoms with van der Waals surface area (Å²) in [5, 5.41) is 0.680. The van der Waals surface area contributed by atoms with Gasteiger partial charge in [0.05, 0.1) is 18.8 Å². The van der Waals surface area contributed by atoms with Crippen LogP contribution in [0.25, 0.3) is 0 Å². The van der Waals surface area contributed by atoms with Crippen LogP contribution in [0.15, 0.2) is 48.5 Å². The summed E-state index contributed by atoms with van der Waals surface area (Å²) in [7, 11) is 0. The fraction of sp³-hybridized carbons (Fsp3) is 0.462. The second-order valence-electron chi connectivity index (χ2n) is 9.34. The summed E-state index contributed by atoms with van der Waals surface area (Å²) in [5.74, 6) is 0.995. The molecule has 0 N–H and O–H groups in total. The molecule has 0 radical (unpaired) electrons. The van der Waals surface area contributed by atoms with Gasteiger partial charge in [-0.2, -0.15) is 0 Å². The van der Waals surface area contributed by atoms with Crippen LogP contribution in [0.4, 0.5) is 0 Å². The number of amides is 2. The highest BCUT2D eigenvalue weighted by atomic mass is 35.5. The highest BCUT2D eigenvalue weighted by molar-refractivity contribution is 6.30. The Morgan fingerprint density at radius 3 is 2.79 bits per heavy atom. The van der Waals surface area contributed by atoms with Crippen LogP contribution in [-0.2, 0) is 16.1 Å². The summed E-state index contributed by atoms with van der Waals surface area (Å²) < 4.78 is 12.3. The predicted molar refractivity (Wildman–Crippen MR) is 125 cm³/mol. The Balaban J connectivity index is 1.22. The van der Waals surface area contributed by atoms with E-state index in [9.17, 15) is 9.59 Å². The van der Waals surface area contributed by atoms with Gasteiger partial charge in [-0.1, -0.05) is 23.7 Å². The molecular weight excluding hydrogens is 440 g/mol. The van der Waals surface area contributed by atoms with Crippen LogP contribution in [-0.4, -0.2) is 59.6 Å². The van der Waals surface area contributed by atoms with Crippen molar-refractivity contribution < 1.29 is 19.1 Å². The summed E-state index contributed by atoms with van der Waals surface area (Å²) in [6.45, 7) is 3.17. The minimum absolute atomic E-state index is 0.0225. The van der Waals surface area contributed by atoms with Crippen molar-refractivity contribution in [1.82, 2.24) is 9.80 Å². The molecule has 3 aliphatic rings. The normalized spacial score (nSPS) is 25.1. The maximum atomic E-state index is 13.3. The lowest BCUT2D eigenvalue weighted by Crippen LogP contribution is -2.50. The molecule has 3 saturated heterocycles. The fourth-order valence-corrected chi connectivity index (χ4v) is 5.34. The van der Waals surface area contributed by atoms with E-state index in [1.165, 1.54) is 0 Å². The van der Waals surface area contributed by atoms with Crippen molar-refractivity contribution in [2.45, 2.75) is 50.4 Å². The highest BCUT2D eigenvalue weighted by Gasteiger charge is 2.45. The van der Waals surface area contributed by atoms with E-state index in [4.69, 9.17) is 21.1 Å². The number of rotatable bonds is 5. The molecule has 174 valence electrons. The van der Waals surface area contributed by atoms with E-state index >= 15 is 0 Å². The summed E-state index contributed by atoms with van der Waals surface area (Å²) in [6.07, 6.45) is 4.09. The lowest BCUT2D eigenvalue weighted by molar-refractivity contribution is -0.128. The van der Waals surface area contributed by atoms with E-state index in [0.29, 0.717) is 36.7 Å². The molecule has 2 amide bonds. The second-order valence-corrected chi connectivity index (χ2v) is 9.78. The third-order valence-corrected chi connectivity index (χ3v) is 7.09. The Labute approximate surface area is 199 Å². The molecule has 5 rings (SSSR count). The zero-order valence-corrected chi connectivity index (χ0v) is 19.4. The number of halogens is 1. The third-order valence-electron chi connectivity index (χ3n) is 6.84. The zero-order chi connectivity index (χ0) is 22.8. The Morgan fingerprint density at radius 1 is 1.15 bits per heavy atom. The molecule has 0 saturated carbocycles. The molecule has 0 bridgehead atoms. The van der Waals surface area contributed by atoms with Gasteiger partial charge in [0.1, 0.15) is 11.9 Å². The number of carbonyl (C=O) groups is 2. The number of hydrogen-bond donors (Lipinski definition) is 0. The first-order chi connectivity index (χ1) is 16.0. The van der Waals surface area contributed by atoms with Crippen molar-refractivity contribution in [2.24, 2.45) is 0 Å². The third kappa shape index (κ3) is 5.02. The molecule has 33 heavy (non-hydrogen) atoms. The molecule has 7 heteroatoms. The molecule has 2 aromatic carbocycles. The Hall–Kier alpha value is -2.57. The molecule has 0 unspecified atom stereocenters. The lowest BCUT2D eigenvalue weighted by atomic mass is 9.89. The number of piperidine rings is 1. The van der Waals surface area contributed by atoms with E-state index in [2.05, 4.69) is 0 Å². The molecular formula is C26H29ClN2O4. The molecule has 2 atom stereocenters. The summed E-state index contributed by atoms with van der Waals surface area (Å²) in [5.41, 5.74) is 1.31. The standard InChI is InChI=1S/C26H29ClN2O4/c27-21-7-9-22(10-8-21)33-23-15-26(32-17-23)11-3-13-29(18-26)25(31)20-5-1-4-19(14-20)16-28-12-2-6-24(28)30/h1,4-5,7-10,14,23H,2-3,6,11-13,15-18H2/t23-,26+/m1/s1. The number of carbonyl (C=O) groups excluding carboxylic acids is 2. The molecule has 0 aliphatic carbocycles. The van der Waals surface area contributed by atoms with E-state index in [1.54, 1.807) is 0 Å². The molecule has 1 spiro atoms. The van der Waals surface area contributed by atoms with Crippen LogP contribution < -0.4 is 4.74 Å². The first kappa shape index (κ1) is 22.2. The van der Waals surface area contributed by atoms with Gasteiger partial charge in [0.15, 0.2) is 0 Å². The maximum Gasteiger partial charge on any atom is 0.253 e. The van der Waals surface area contributed by atoms with Crippen LogP contribution in [0.2, 0.25) is 5.02 Å². The quantitative estimate of drug-likeness (QED) is 0.656. The van der Waals surface area contributed by atoms with Gasteiger partial charge < -0.3 is 19.3 Å². The number of hydrogen-bond acceptors (Lipinski definition) is 4. The van der Waals surface area contributed by atoms with Crippen molar-refractivity contribution in [3.63, 3.8) is 0 Å². The van der Waals surface area contributed by atoms with Crippen molar-refractivity contribution in [3.05, 3.63) is 64.7 Å². The van der Waals surface area contributed by atoms with Crippen LogP contribution in [0.1, 0.15) is 48.0 Å². The summed E-state index contributed by atoms with van der Waals surface area (Å²) >= 11 is 5.96. The highest BCUT2D eigenvalue weighted by Crippen LogP contribution is 2.37. The average Bonchev–Trinajstić information content (AvgIpc) is 3.40. The van der Waals surface area contributed by atoms with Crippen LogP contribution in [0, 0.1) is 0 Å². The molecule has 3 fully saturated rings. The molecule has 2 aromatic rings. The fourth-order valence-electron chi connectivity index (χ4n) is 5.22. The smallest absolute Gasteiger partial charge is 0.253 e. The Bertz CT molecular complexity index is 1030. The SMILES string of the molecule is O=C1CCCN1Cc1cccc(C(=O)N2CCC[C@]3(C[C@@H](Oc4ccc(Cl)cc4)CO3)C2)c1. The number of benzene rings is 2. The van der Waals surface area contributed by atoms with Gasteiger partial charge in [0, 0.05) is 43.1 Å². The van der Waals surface area contributed by atoms with Crippen molar-refractivity contribution in [3.8, 4) is 5.75 Å². The van der Waals surface area contributed by atoms with E-state index in [-0.39, 0.29) is 23.5 Å². The first-order valence-electron chi connectivity index (χ1n) is 11.7. The topological polar surface area (TPSA) is 59.1 Å². The molecule has 3 heterocycles. The predicted octanol–water partition coefficient (Wildman–Crippen LogP) is 4.31. The van der Waals surface area contributed by atoms with Gasteiger partial charge >= 0.3 is 0 Å². The second kappa shape index (κ2) is 9.35. The first-order valence-corrected chi connectivity index (χ1v) is 12.1. The largest absolute Gasteiger partial charge is 0.488 e. The van der Waals surface area contributed by atoms with Gasteiger partial charge in [-0.15, -0.1) is 0 Å². The van der Waals surface area contributed by atoms with E-state index in [0.717, 1.165) is 50.1 Å². The van der Waals surface area contributed by atoms with Gasteiger partial charge in [0.2, 0.25) is 5.91 Å². The molecule has 0 aromatic heterocycles. The average molecular weight is 469 g/mol. The van der Waals surface area contributed by atoms with Crippen molar-refractivity contribution in [2.75, 3.05) is 26.2 Å². The minimum atomic E-state index is -0.357. The zero-order valence-electron chi connectivity index (χ0n) is 18.7. The van der Waals surface area contributed by atoms with Crippen LogP contribution >= 0.6 is 11.6 Å². The Morgan fingerprint density at radius 2 is 2.00 bits per heavy atom. The monoisotopic (exact) mass is 468 g/mol. The minimum Gasteiger partial charge on any atom is -0.488 e. The number of likely N-dealkylation sites (tertiary alicyclic amines) is 2. The summed E-state index contributed by atoms with van der Waals surface area (Å²) in [6, 6.07) is 15.1. The van der Waals surface area contributed by atoms with Crippen LogP contribution in [0.5, 0.6) is 5.75 Å². The van der Waals surface area contributed by atoms with Crippen molar-refractivity contribution in [1.29, 1.82) is 0 Å². The van der Waals surface area contributed by atoms with Crippen molar-refractivity contribution >= 4 is 23.4 Å². The van der Waals surface area contributed by atoms with Crippen LogP contribution in [0.3, 0.4) is 0 Å². The summed E-state index contributed by atoms with van der Waals surface area (Å²) in [4.78, 5) is 29.1. The Kier molecular flexibility index (Phi) is 6.30. The van der Waals surface area contributed by atoms with E-state index in [1.807, 2.05) is 58.3 Å². The number of nitrogens with zero attached hydrogens (tertiary/aromatic N) is 2. The lowest BCUT2D eigenvalue weighted by Gasteiger charge is -2.39. The van der Waals surface area contributed by atoms with Gasteiger partial charge in [-0.25, -0.2) is 0 Å². The maximum absolute atomic E-state index is 13.3. The molecule has 3 aliphatic heterocycles. The molecule has 6 nitrogen and oxygen atoms in total. The van der Waals surface area contributed by atoms with Gasteiger partial charge in [-0.3, -0.25) is 9.59 Å². The van der Waals surface area contributed by atoms with Gasteiger partial charge in [0.25, 0.3) is 5.91 Å². The van der Waals surface area contributed by atoms with Gasteiger partial charge in [-0.05, 0) is 61.2 Å². The van der Waals surface area contributed by atoms with E-state index < -0.39 is 0 Å². The number of ether oxygens (including phenoxy) is 2.